The SMILES string of the molecule is CNc1ccnc2ccc3ncoc3c12. The Balaban J connectivity index is 2.58. The van der Waals surface area contributed by atoms with E-state index in [1.807, 2.05) is 25.2 Å². The molecule has 4 heteroatoms. The largest absolute Gasteiger partial charge is 0.443 e. The van der Waals surface area contributed by atoms with Gasteiger partial charge < -0.3 is 9.73 Å². The zero-order valence-electron chi connectivity index (χ0n) is 8.19. The number of aromatic nitrogens is 2. The van der Waals surface area contributed by atoms with Crippen molar-refractivity contribution in [2.75, 3.05) is 12.4 Å². The molecule has 74 valence electrons. The maximum Gasteiger partial charge on any atom is 0.182 e. The molecule has 0 aliphatic carbocycles. The van der Waals surface area contributed by atoms with Gasteiger partial charge >= 0.3 is 0 Å². The van der Waals surface area contributed by atoms with Crippen LogP contribution in [0.25, 0.3) is 22.0 Å². The van der Waals surface area contributed by atoms with Gasteiger partial charge in [-0.05, 0) is 18.2 Å². The topological polar surface area (TPSA) is 51.0 Å². The van der Waals surface area contributed by atoms with Gasteiger partial charge in [-0.2, -0.15) is 0 Å². The zero-order chi connectivity index (χ0) is 10.3. The lowest BCUT2D eigenvalue weighted by Gasteiger charge is -2.04. The van der Waals surface area contributed by atoms with Crippen molar-refractivity contribution in [3.05, 3.63) is 30.8 Å². The summed E-state index contributed by atoms with van der Waals surface area (Å²) in [6, 6.07) is 5.78. The third-order valence-corrected chi connectivity index (χ3v) is 2.47. The van der Waals surface area contributed by atoms with Crippen molar-refractivity contribution in [1.82, 2.24) is 9.97 Å². The Hall–Kier alpha value is -2.10. The Bertz CT molecular complexity index is 630. The molecule has 3 rings (SSSR count). The average molecular weight is 199 g/mol. The van der Waals surface area contributed by atoms with Crippen molar-refractivity contribution in [3.8, 4) is 0 Å². The van der Waals surface area contributed by atoms with Crippen molar-refractivity contribution >= 4 is 27.7 Å². The van der Waals surface area contributed by atoms with Gasteiger partial charge in [-0.3, -0.25) is 4.98 Å². The summed E-state index contributed by atoms with van der Waals surface area (Å²) in [7, 11) is 1.88. The summed E-state index contributed by atoms with van der Waals surface area (Å²) in [4.78, 5) is 8.41. The minimum atomic E-state index is 0.782. The molecule has 0 spiro atoms. The number of nitrogens with one attached hydrogen (secondary N) is 1. The van der Waals surface area contributed by atoms with Gasteiger partial charge in [0, 0.05) is 18.9 Å². The van der Waals surface area contributed by atoms with Crippen LogP contribution >= 0.6 is 0 Å². The van der Waals surface area contributed by atoms with Crippen LogP contribution < -0.4 is 5.32 Å². The molecular weight excluding hydrogens is 190 g/mol. The van der Waals surface area contributed by atoms with E-state index in [1.54, 1.807) is 6.20 Å². The quantitative estimate of drug-likeness (QED) is 0.653. The third kappa shape index (κ3) is 1.08. The summed E-state index contributed by atoms with van der Waals surface area (Å²) in [6.45, 7) is 0. The molecule has 0 saturated carbocycles. The van der Waals surface area contributed by atoms with Gasteiger partial charge in [-0.1, -0.05) is 0 Å². The number of pyridine rings is 1. The van der Waals surface area contributed by atoms with E-state index < -0.39 is 0 Å². The maximum absolute atomic E-state index is 5.38. The molecule has 0 atom stereocenters. The van der Waals surface area contributed by atoms with Crippen LogP contribution in [0.5, 0.6) is 0 Å². The number of nitrogens with zero attached hydrogens (tertiary/aromatic N) is 2. The molecule has 4 nitrogen and oxygen atoms in total. The van der Waals surface area contributed by atoms with Crippen molar-refractivity contribution in [3.63, 3.8) is 0 Å². The Morgan fingerprint density at radius 3 is 2.87 bits per heavy atom. The summed E-state index contributed by atoms with van der Waals surface area (Å²) >= 11 is 0. The first-order valence-corrected chi connectivity index (χ1v) is 4.69. The van der Waals surface area contributed by atoms with E-state index >= 15 is 0 Å². The summed E-state index contributed by atoms with van der Waals surface area (Å²) in [6.07, 6.45) is 3.23. The first kappa shape index (κ1) is 8.23. The molecule has 0 saturated heterocycles. The van der Waals surface area contributed by atoms with Crippen molar-refractivity contribution in [2.24, 2.45) is 0 Å². The normalized spacial score (nSPS) is 11.0. The molecule has 0 radical (unpaired) electrons. The lowest BCUT2D eigenvalue weighted by molar-refractivity contribution is 0.605. The molecular formula is C11H9N3O. The third-order valence-electron chi connectivity index (χ3n) is 2.47. The molecule has 3 aromatic rings. The molecule has 1 N–H and O–H groups in total. The van der Waals surface area contributed by atoms with Crippen molar-refractivity contribution in [1.29, 1.82) is 0 Å². The standard InChI is InChI=1S/C11H9N3O/c1-12-7-4-5-13-8-2-3-9-11(10(7)8)15-6-14-9/h2-6H,1H3,(H,12,13). The number of oxazole rings is 1. The molecule has 0 amide bonds. The van der Waals surface area contributed by atoms with Gasteiger partial charge in [0.05, 0.1) is 10.9 Å². The number of fused-ring (bicyclic) bond motifs is 3. The number of hydrogen-bond donors (Lipinski definition) is 1. The van der Waals surface area contributed by atoms with Crippen LogP contribution in [0.1, 0.15) is 0 Å². The molecule has 0 fully saturated rings. The number of hydrogen-bond acceptors (Lipinski definition) is 4. The summed E-state index contributed by atoms with van der Waals surface area (Å²) < 4.78 is 5.38. The second kappa shape index (κ2) is 2.95. The highest BCUT2D eigenvalue weighted by Gasteiger charge is 2.08. The van der Waals surface area contributed by atoms with Crippen LogP contribution in [0.15, 0.2) is 35.2 Å². The highest BCUT2D eigenvalue weighted by Crippen LogP contribution is 2.29. The van der Waals surface area contributed by atoms with Crippen LogP contribution in [0.4, 0.5) is 5.69 Å². The van der Waals surface area contributed by atoms with Crippen LogP contribution in [-0.2, 0) is 0 Å². The summed E-state index contributed by atoms with van der Waals surface area (Å²) in [5.74, 6) is 0. The van der Waals surface area contributed by atoms with Crippen LogP contribution in [-0.4, -0.2) is 17.0 Å². The minimum absolute atomic E-state index is 0.782. The van der Waals surface area contributed by atoms with Gasteiger partial charge in [0.25, 0.3) is 0 Å². The van der Waals surface area contributed by atoms with E-state index in [4.69, 9.17) is 4.42 Å². The van der Waals surface area contributed by atoms with Gasteiger partial charge in [0.1, 0.15) is 5.52 Å². The van der Waals surface area contributed by atoms with Crippen LogP contribution in [0.2, 0.25) is 0 Å². The maximum atomic E-state index is 5.38. The lowest BCUT2D eigenvalue weighted by atomic mass is 10.1. The molecule has 2 heterocycles. The molecule has 2 aromatic heterocycles. The first-order valence-electron chi connectivity index (χ1n) is 4.69. The Kier molecular flexibility index (Phi) is 1.62. The van der Waals surface area contributed by atoms with E-state index in [1.165, 1.54) is 6.39 Å². The van der Waals surface area contributed by atoms with Crippen LogP contribution in [0, 0.1) is 0 Å². The van der Waals surface area contributed by atoms with E-state index in [2.05, 4.69) is 15.3 Å². The van der Waals surface area contributed by atoms with Crippen molar-refractivity contribution < 1.29 is 4.42 Å². The lowest BCUT2D eigenvalue weighted by Crippen LogP contribution is -1.90. The second-order valence-corrected chi connectivity index (χ2v) is 3.27. The fraction of sp³-hybridized carbons (Fsp3) is 0.0909. The summed E-state index contributed by atoms with van der Waals surface area (Å²) in [5.41, 5.74) is 3.55. The second-order valence-electron chi connectivity index (χ2n) is 3.27. The summed E-state index contributed by atoms with van der Waals surface area (Å²) in [5, 5.41) is 4.11. The average Bonchev–Trinajstić information content (AvgIpc) is 2.76. The van der Waals surface area contributed by atoms with E-state index in [0.717, 1.165) is 27.7 Å². The molecule has 0 aliphatic heterocycles. The van der Waals surface area contributed by atoms with Crippen LogP contribution in [0.3, 0.4) is 0 Å². The first-order chi connectivity index (χ1) is 7.40. The Labute approximate surface area is 85.9 Å². The van der Waals surface area contributed by atoms with E-state index in [9.17, 15) is 0 Å². The molecule has 0 unspecified atom stereocenters. The van der Waals surface area contributed by atoms with Gasteiger partial charge in [0.2, 0.25) is 0 Å². The molecule has 15 heavy (non-hydrogen) atoms. The minimum Gasteiger partial charge on any atom is -0.443 e. The van der Waals surface area contributed by atoms with E-state index in [0.29, 0.717) is 0 Å². The molecule has 0 aliphatic rings. The predicted octanol–water partition coefficient (Wildman–Crippen LogP) is 2.42. The monoisotopic (exact) mass is 199 g/mol. The number of anilines is 1. The van der Waals surface area contributed by atoms with Gasteiger partial charge in [-0.15, -0.1) is 0 Å². The smallest absolute Gasteiger partial charge is 0.182 e. The fourth-order valence-electron chi connectivity index (χ4n) is 1.77. The molecule has 1 aromatic carbocycles. The van der Waals surface area contributed by atoms with Crippen molar-refractivity contribution in [2.45, 2.75) is 0 Å². The van der Waals surface area contributed by atoms with Gasteiger partial charge in [0.15, 0.2) is 12.0 Å². The van der Waals surface area contributed by atoms with Gasteiger partial charge in [-0.25, -0.2) is 4.98 Å². The zero-order valence-corrected chi connectivity index (χ0v) is 8.19. The Morgan fingerprint density at radius 1 is 1.13 bits per heavy atom. The number of benzene rings is 1. The molecule has 0 bridgehead atoms. The fourth-order valence-corrected chi connectivity index (χ4v) is 1.77. The number of rotatable bonds is 1. The predicted molar refractivity (Wildman–Crippen MR) is 58.9 cm³/mol. The Morgan fingerprint density at radius 2 is 2.00 bits per heavy atom. The van der Waals surface area contributed by atoms with E-state index in [-0.39, 0.29) is 0 Å². The highest BCUT2D eigenvalue weighted by molar-refractivity contribution is 6.08. The highest BCUT2D eigenvalue weighted by atomic mass is 16.3.